The average molecular weight is 379 g/mol. The van der Waals surface area contributed by atoms with Crippen LogP contribution in [0.1, 0.15) is 47.1 Å². The number of nitrogens with one attached hydrogen (secondary N) is 1. The lowest BCUT2D eigenvalue weighted by atomic mass is 10.1. The summed E-state index contributed by atoms with van der Waals surface area (Å²) in [5.41, 5.74) is 3.93. The van der Waals surface area contributed by atoms with Gasteiger partial charge < -0.3 is 0 Å². The molecule has 0 atom stereocenters. The van der Waals surface area contributed by atoms with Crippen LogP contribution >= 0.6 is 23.2 Å². The molecular formula is C19H20Cl2N2O2. The average Bonchev–Trinajstić information content (AvgIpc) is 2.54. The molecule has 1 N–H and O–H groups in total. The van der Waals surface area contributed by atoms with Crippen molar-refractivity contribution in [1.29, 1.82) is 0 Å². The zero-order valence-electron chi connectivity index (χ0n) is 14.6. The third kappa shape index (κ3) is 4.74. The molecule has 0 aliphatic heterocycles. The van der Waals surface area contributed by atoms with Crippen molar-refractivity contribution in [3.63, 3.8) is 0 Å². The van der Waals surface area contributed by atoms with Crippen LogP contribution in [-0.2, 0) is 0 Å². The van der Waals surface area contributed by atoms with Crippen LogP contribution in [0, 0.1) is 6.92 Å². The summed E-state index contributed by atoms with van der Waals surface area (Å²) in [4.78, 5) is 25.4. The number of rotatable bonds is 2. The second-order valence-electron chi connectivity index (χ2n) is 6.75. The molecule has 0 fully saturated rings. The van der Waals surface area contributed by atoms with Crippen LogP contribution in [0.15, 0.2) is 42.5 Å². The third-order valence-electron chi connectivity index (χ3n) is 3.57. The van der Waals surface area contributed by atoms with Gasteiger partial charge in [0, 0.05) is 11.1 Å². The predicted molar refractivity (Wildman–Crippen MR) is 101 cm³/mol. The van der Waals surface area contributed by atoms with Crippen molar-refractivity contribution in [2.75, 3.05) is 0 Å². The Bertz CT molecular complexity index is 796. The van der Waals surface area contributed by atoms with Crippen molar-refractivity contribution in [1.82, 2.24) is 10.4 Å². The number of aryl methyl sites for hydroxylation is 1. The summed E-state index contributed by atoms with van der Waals surface area (Å²) >= 11 is 11.8. The Labute approximate surface area is 157 Å². The van der Waals surface area contributed by atoms with Gasteiger partial charge in [-0.25, -0.2) is 5.01 Å². The monoisotopic (exact) mass is 378 g/mol. The number of carbonyl (C=O) groups is 2. The molecule has 0 unspecified atom stereocenters. The van der Waals surface area contributed by atoms with Crippen molar-refractivity contribution in [2.45, 2.75) is 33.2 Å². The quantitative estimate of drug-likeness (QED) is 0.756. The summed E-state index contributed by atoms with van der Waals surface area (Å²) in [5.74, 6) is -0.727. The van der Waals surface area contributed by atoms with Gasteiger partial charge in [-0.3, -0.25) is 15.0 Å². The molecule has 2 amide bonds. The Hall–Kier alpha value is -2.04. The molecule has 25 heavy (non-hydrogen) atoms. The lowest BCUT2D eigenvalue weighted by molar-refractivity contribution is 0.0358. The Morgan fingerprint density at radius 2 is 1.48 bits per heavy atom. The zero-order chi connectivity index (χ0) is 18.8. The van der Waals surface area contributed by atoms with E-state index in [0.717, 1.165) is 5.56 Å². The zero-order valence-corrected chi connectivity index (χ0v) is 16.1. The molecule has 6 heteroatoms. The Balaban J connectivity index is 2.28. The van der Waals surface area contributed by atoms with E-state index in [-0.39, 0.29) is 10.9 Å². The number of nitrogens with zero attached hydrogens (tertiary/aromatic N) is 1. The van der Waals surface area contributed by atoms with Crippen LogP contribution in [0.25, 0.3) is 0 Å². The predicted octanol–water partition coefficient (Wildman–Crippen LogP) is 4.89. The van der Waals surface area contributed by atoms with E-state index in [2.05, 4.69) is 5.43 Å². The van der Waals surface area contributed by atoms with E-state index >= 15 is 0 Å². The molecule has 0 radical (unpaired) electrons. The minimum absolute atomic E-state index is 0.279. The molecule has 0 saturated heterocycles. The minimum atomic E-state index is -0.617. The Kier molecular flexibility index (Phi) is 5.76. The first-order valence-electron chi connectivity index (χ1n) is 7.77. The normalized spacial score (nSPS) is 11.1. The molecule has 0 bridgehead atoms. The van der Waals surface area contributed by atoms with Gasteiger partial charge in [0.2, 0.25) is 0 Å². The summed E-state index contributed by atoms with van der Waals surface area (Å²) in [6.07, 6.45) is 0. The maximum atomic E-state index is 12.9. The fourth-order valence-corrected chi connectivity index (χ4v) is 2.45. The van der Waals surface area contributed by atoms with Crippen molar-refractivity contribution in [2.24, 2.45) is 0 Å². The van der Waals surface area contributed by atoms with E-state index in [1.165, 1.54) is 11.1 Å². The minimum Gasteiger partial charge on any atom is -0.267 e. The second-order valence-corrected chi connectivity index (χ2v) is 7.56. The van der Waals surface area contributed by atoms with Crippen LogP contribution < -0.4 is 5.43 Å². The highest BCUT2D eigenvalue weighted by Gasteiger charge is 2.29. The molecule has 0 aliphatic carbocycles. The molecule has 0 aliphatic rings. The summed E-state index contributed by atoms with van der Waals surface area (Å²) in [7, 11) is 0. The highest BCUT2D eigenvalue weighted by molar-refractivity contribution is 6.42. The van der Waals surface area contributed by atoms with Gasteiger partial charge in [-0.2, -0.15) is 0 Å². The van der Waals surface area contributed by atoms with Gasteiger partial charge in [-0.15, -0.1) is 0 Å². The van der Waals surface area contributed by atoms with Crippen LogP contribution in [0.3, 0.4) is 0 Å². The molecule has 132 valence electrons. The summed E-state index contributed by atoms with van der Waals surface area (Å²) in [6.45, 7) is 7.47. The summed E-state index contributed by atoms with van der Waals surface area (Å²) in [5, 5.41) is 1.96. The maximum absolute atomic E-state index is 12.9. The standard InChI is InChI=1S/C19H20Cl2N2O2/c1-12-5-7-13(8-6-12)18(25)23(19(2,3)4)22-17(24)14-9-10-15(20)16(21)11-14/h5-11H,1-4H3,(H,22,24). The van der Waals surface area contributed by atoms with Crippen LogP contribution in [0.2, 0.25) is 10.0 Å². The number of hydrogen-bond donors (Lipinski definition) is 1. The molecule has 2 aromatic rings. The first-order valence-corrected chi connectivity index (χ1v) is 8.52. The van der Waals surface area contributed by atoms with Crippen molar-refractivity contribution < 1.29 is 9.59 Å². The fraction of sp³-hybridized carbons (Fsp3) is 0.263. The van der Waals surface area contributed by atoms with Crippen LogP contribution in [-0.4, -0.2) is 22.4 Å². The highest BCUT2D eigenvalue weighted by Crippen LogP contribution is 2.23. The number of hydrogen-bond acceptors (Lipinski definition) is 2. The van der Waals surface area contributed by atoms with Crippen molar-refractivity contribution >= 4 is 35.0 Å². The topological polar surface area (TPSA) is 49.4 Å². The van der Waals surface area contributed by atoms with Crippen molar-refractivity contribution in [3.05, 3.63) is 69.2 Å². The molecule has 0 spiro atoms. The second kappa shape index (κ2) is 7.46. The number of benzene rings is 2. The fourth-order valence-electron chi connectivity index (χ4n) is 2.15. The first-order chi connectivity index (χ1) is 11.6. The largest absolute Gasteiger partial charge is 0.272 e. The van der Waals surface area contributed by atoms with Gasteiger partial charge in [-0.1, -0.05) is 40.9 Å². The number of carbonyl (C=O) groups excluding carboxylic acids is 2. The van der Waals surface area contributed by atoms with E-state index in [4.69, 9.17) is 23.2 Å². The lowest BCUT2D eigenvalue weighted by Gasteiger charge is -2.35. The number of amides is 2. The molecule has 4 nitrogen and oxygen atoms in total. The SMILES string of the molecule is Cc1ccc(C(=O)N(NC(=O)c2ccc(Cl)c(Cl)c2)C(C)(C)C)cc1. The van der Waals surface area contributed by atoms with E-state index in [1.54, 1.807) is 24.3 Å². The maximum Gasteiger partial charge on any atom is 0.272 e. The summed E-state index contributed by atoms with van der Waals surface area (Å²) < 4.78 is 0. The Morgan fingerprint density at radius 1 is 0.920 bits per heavy atom. The lowest BCUT2D eigenvalue weighted by Crippen LogP contribution is -2.55. The van der Waals surface area contributed by atoms with Crippen LogP contribution in [0.5, 0.6) is 0 Å². The smallest absolute Gasteiger partial charge is 0.267 e. The van der Waals surface area contributed by atoms with Gasteiger partial charge in [0.1, 0.15) is 0 Å². The van der Waals surface area contributed by atoms with E-state index in [0.29, 0.717) is 16.1 Å². The van der Waals surface area contributed by atoms with Crippen molar-refractivity contribution in [3.8, 4) is 0 Å². The first kappa shape index (κ1) is 19.3. The molecule has 0 heterocycles. The van der Waals surface area contributed by atoms with Gasteiger partial charge in [0.15, 0.2) is 0 Å². The molecule has 0 aromatic heterocycles. The number of hydrazine groups is 1. The molecule has 2 aromatic carbocycles. The third-order valence-corrected chi connectivity index (χ3v) is 4.31. The summed E-state index contributed by atoms with van der Waals surface area (Å²) in [6, 6.07) is 11.8. The van der Waals surface area contributed by atoms with Gasteiger partial charge in [0.05, 0.1) is 15.6 Å². The highest BCUT2D eigenvalue weighted by atomic mass is 35.5. The van der Waals surface area contributed by atoms with Gasteiger partial charge in [-0.05, 0) is 58.0 Å². The molecule has 2 rings (SSSR count). The van der Waals surface area contributed by atoms with Crippen LogP contribution in [0.4, 0.5) is 0 Å². The number of halogens is 2. The van der Waals surface area contributed by atoms with Gasteiger partial charge >= 0.3 is 0 Å². The molecular weight excluding hydrogens is 359 g/mol. The Morgan fingerprint density at radius 3 is 2.00 bits per heavy atom. The van der Waals surface area contributed by atoms with E-state index in [1.807, 2.05) is 39.8 Å². The van der Waals surface area contributed by atoms with E-state index in [9.17, 15) is 9.59 Å². The molecule has 0 saturated carbocycles. The van der Waals surface area contributed by atoms with Gasteiger partial charge in [0.25, 0.3) is 11.8 Å². The van der Waals surface area contributed by atoms with E-state index < -0.39 is 11.4 Å².